The predicted molar refractivity (Wildman–Crippen MR) is 85.4 cm³/mol. The summed E-state index contributed by atoms with van der Waals surface area (Å²) in [6.45, 7) is 6.83. The van der Waals surface area contributed by atoms with Crippen molar-refractivity contribution < 1.29 is 4.74 Å². The maximum Gasteiger partial charge on any atom is 0.132 e. The molecule has 2 aromatic rings. The fraction of sp³-hybridized carbons (Fsp3) is 0.471. The molecular weight excluding hydrogens is 262 g/mol. The monoisotopic (exact) mass is 287 g/mol. The molecular formula is C17H25N3O. The van der Waals surface area contributed by atoms with Gasteiger partial charge < -0.3 is 10.5 Å². The number of ether oxygens (including phenoxy) is 1. The Kier molecular flexibility index (Phi) is 5.39. The van der Waals surface area contributed by atoms with Gasteiger partial charge in [-0.25, -0.2) is 0 Å². The number of rotatable bonds is 7. The van der Waals surface area contributed by atoms with Gasteiger partial charge in [-0.15, -0.1) is 0 Å². The first kappa shape index (κ1) is 15.6. The largest absolute Gasteiger partial charge is 0.487 e. The molecule has 2 atom stereocenters. The second kappa shape index (κ2) is 7.27. The van der Waals surface area contributed by atoms with E-state index in [4.69, 9.17) is 10.5 Å². The van der Waals surface area contributed by atoms with E-state index in [9.17, 15) is 0 Å². The molecule has 0 fully saturated rings. The van der Waals surface area contributed by atoms with Crippen molar-refractivity contribution in [3.8, 4) is 5.75 Å². The van der Waals surface area contributed by atoms with Gasteiger partial charge in [0.25, 0.3) is 0 Å². The molecule has 1 aromatic carbocycles. The zero-order valence-electron chi connectivity index (χ0n) is 13.1. The molecule has 4 nitrogen and oxygen atoms in total. The summed E-state index contributed by atoms with van der Waals surface area (Å²) in [6, 6.07) is 10.7. The van der Waals surface area contributed by atoms with Crippen LogP contribution in [0.15, 0.2) is 36.5 Å². The van der Waals surface area contributed by atoms with Gasteiger partial charge >= 0.3 is 0 Å². The van der Waals surface area contributed by atoms with Gasteiger partial charge in [-0.2, -0.15) is 5.10 Å². The van der Waals surface area contributed by atoms with Crippen molar-refractivity contribution in [3.63, 3.8) is 0 Å². The van der Waals surface area contributed by atoms with E-state index < -0.39 is 0 Å². The first-order valence-electron chi connectivity index (χ1n) is 7.59. The molecule has 0 aliphatic rings. The smallest absolute Gasteiger partial charge is 0.132 e. The lowest BCUT2D eigenvalue weighted by Gasteiger charge is -2.09. The number of hydrogen-bond acceptors (Lipinski definition) is 3. The van der Waals surface area contributed by atoms with Gasteiger partial charge in [-0.3, -0.25) is 4.68 Å². The summed E-state index contributed by atoms with van der Waals surface area (Å²) in [4.78, 5) is 0. The first-order chi connectivity index (χ1) is 10.1. The van der Waals surface area contributed by atoms with Crippen molar-refractivity contribution >= 4 is 0 Å². The molecule has 0 saturated carbocycles. The van der Waals surface area contributed by atoms with E-state index in [2.05, 4.69) is 31.1 Å². The molecule has 0 aliphatic heterocycles. The van der Waals surface area contributed by atoms with Crippen LogP contribution < -0.4 is 10.5 Å². The van der Waals surface area contributed by atoms with Gasteiger partial charge in [0.1, 0.15) is 12.4 Å². The van der Waals surface area contributed by atoms with Crippen LogP contribution in [0.1, 0.15) is 44.5 Å². The quantitative estimate of drug-likeness (QED) is 0.850. The zero-order valence-corrected chi connectivity index (χ0v) is 13.1. The summed E-state index contributed by atoms with van der Waals surface area (Å²) < 4.78 is 7.76. The summed E-state index contributed by atoms with van der Waals surface area (Å²) in [5, 5.41) is 4.53. The lowest BCUT2D eigenvalue weighted by atomic mass is 10.1. The maximum absolute atomic E-state index is 5.79. The topological polar surface area (TPSA) is 53.1 Å². The Morgan fingerprint density at radius 1 is 1.19 bits per heavy atom. The molecule has 2 unspecified atom stereocenters. The molecule has 2 rings (SSSR count). The number of nitrogens with zero attached hydrogens (tertiary/aromatic N) is 2. The van der Waals surface area contributed by atoms with Crippen molar-refractivity contribution in [1.29, 1.82) is 0 Å². The SMILES string of the molecule is CCC(C)n1ccc(COc2ccc(CC(C)N)cc2)n1. The average molecular weight is 287 g/mol. The molecule has 0 spiro atoms. The fourth-order valence-corrected chi connectivity index (χ4v) is 2.14. The van der Waals surface area contributed by atoms with Crippen LogP contribution in [0.3, 0.4) is 0 Å². The van der Waals surface area contributed by atoms with Gasteiger partial charge in [-0.1, -0.05) is 19.1 Å². The Hall–Kier alpha value is -1.81. The highest BCUT2D eigenvalue weighted by atomic mass is 16.5. The van der Waals surface area contributed by atoms with Crippen LogP contribution in [0.25, 0.3) is 0 Å². The molecule has 114 valence electrons. The van der Waals surface area contributed by atoms with E-state index in [0.717, 1.165) is 24.3 Å². The Morgan fingerprint density at radius 2 is 1.90 bits per heavy atom. The minimum Gasteiger partial charge on any atom is -0.487 e. The van der Waals surface area contributed by atoms with Crippen LogP contribution in [0.2, 0.25) is 0 Å². The number of nitrogens with two attached hydrogens (primary N) is 1. The molecule has 0 radical (unpaired) electrons. The molecule has 1 aromatic heterocycles. The number of benzene rings is 1. The summed E-state index contributed by atoms with van der Waals surface area (Å²) in [5.74, 6) is 0.863. The van der Waals surface area contributed by atoms with Crippen molar-refractivity contribution in [2.24, 2.45) is 5.73 Å². The van der Waals surface area contributed by atoms with Crippen molar-refractivity contribution in [1.82, 2.24) is 9.78 Å². The molecule has 0 amide bonds. The minimum atomic E-state index is 0.182. The third kappa shape index (κ3) is 4.60. The van der Waals surface area contributed by atoms with Gasteiger partial charge in [-0.05, 0) is 50.5 Å². The van der Waals surface area contributed by atoms with Crippen molar-refractivity contribution in [2.45, 2.75) is 52.3 Å². The molecule has 0 saturated heterocycles. The third-order valence-corrected chi connectivity index (χ3v) is 3.57. The lowest BCUT2D eigenvalue weighted by molar-refractivity contribution is 0.298. The second-order valence-electron chi connectivity index (χ2n) is 5.66. The highest BCUT2D eigenvalue weighted by Crippen LogP contribution is 2.15. The highest BCUT2D eigenvalue weighted by Gasteiger charge is 2.05. The Morgan fingerprint density at radius 3 is 2.52 bits per heavy atom. The molecule has 0 bridgehead atoms. The maximum atomic E-state index is 5.79. The van der Waals surface area contributed by atoms with Gasteiger partial charge in [0.2, 0.25) is 0 Å². The molecule has 0 aliphatic carbocycles. The standard InChI is InChI=1S/C17H25N3O/c1-4-14(3)20-10-9-16(19-20)12-21-17-7-5-15(6-8-17)11-13(2)18/h5-10,13-14H,4,11-12,18H2,1-3H3. The number of aromatic nitrogens is 2. The fourth-order valence-electron chi connectivity index (χ4n) is 2.14. The van der Waals surface area contributed by atoms with E-state index in [-0.39, 0.29) is 6.04 Å². The van der Waals surface area contributed by atoms with Gasteiger partial charge in [0, 0.05) is 18.3 Å². The minimum absolute atomic E-state index is 0.182. The van der Waals surface area contributed by atoms with Crippen LogP contribution >= 0.6 is 0 Å². The van der Waals surface area contributed by atoms with Gasteiger partial charge in [0.05, 0.1) is 5.69 Å². The molecule has 21 heavy (non-hydrogen) atoms. The first-order valence-corrected chi connectivity index (χ1v) is 7.59. The van der Waals surface area contributed by atoms with Gasteiger partial charge in [0.15, 0.2) is 0 Å². The second-order valence-corrected chi connectivity index (χ2v) is 5.66. The molecule has 2 N–H and O–H groups in total. The van der Waals surface area contributed by atoms with Crippen LogP contribution in [-0.2, 0) is 13.0 Å². The average Bonchev–Trinajstić information content (AvgIpc) is 2.94. The van der Waals surface area contributed by atoms with Crippen molar-refractivity contribution in [3.05, 3.63) is 47.8 Å². The van der Waals surface area contributed by atoms with E-state index in [1.165, 1.54) is 5.56 Å². The summed E-state index contributed by atoms with van der Waals surface area (Å²) in [6.07, 6.45) is 3.97. The van der Waals surface area contributed by atoms with E-state index in [1.807, 2.05) is 36.0 Å². The summed E-state index contributed by atoms with van der Waals surface area (Å²) in [7, 11) is 0. The Bertz CT molecular complexity index is 545. The van der Waals surface area contributed by atoms with E-state index in [1.54, 1.807) is 0 Å². The molecule has 1 heterocycles. The van der Waals surface area contributed by atoms with E-state index in [0.29, 0.717) is 12.6 Å². The Labute approximate surface area is 126 Å². The summed E-state index contributed by atoms with van der Waals surface area (Å²) >= 11 is 0. The molecule has 4 heteroatoms. The van der Waals surface area contributed by atoms with Crippen LogP contribution in [0.5, 0.6) is 5.75 Å². The highest BCUT2D eigenvalue weighted by molar-refractivity contribution is 5.27. The normalized spacial score (nSPS) is 13.9. The predicted octanol–water partition coefficient (Wildman–Crippen LogP) is 3.32. The lowest BCUT2D eigenvalue weighted by Crippen LogP contribution is -2.17. The Balaban J connectivity index is 1.89. The third-order valence-electron chi connectivity index (χ3n) is 3.57. The van der Waals surface area contributed by atoms with Crippen LogP contribution in [-0.4, -0.2) is 15.8 Å². The van der Waals surface area contributed by atoms with E-state index >= 15 is 0 Å². The van der Waals surface area contributed by atoms with Crippen molar-refractivity contribution in [2.75, 3.05) is 0 Å². The van der Waals surface area contributed by atoms with Crippen LogP contribution in [0.4, 0.5) is 0 Å². The van der Waals surface area contributed by atoms with Crippen LogP contribution in [0, 0.1) is 0 Å². The number of hydrogen-bond donors (Lipinski definition) is 1. The summed E-state index contributed by atoms with van der Waals surface area (Å²) in [5.41, 5.74) is 7.98. The zero-order chi connectivity index (χ0) is 15.2.